The van der Waals surface area contributed by atoms with Gasteiger partial charge in [-0.05, 0) is 73.2 Å². The highest BCUT2D eigenvalue weighted by Gasteiger charge is 2.16. The van der Waals surface area contributed by atoms with Crippen molar-refractivity contribution in [2.75, 3.05) is 23.3 Å². The molecule has 0 aliphatic carbocycles. The number of carbonyl (C=O) groups excluding carboxylic acids is 1. The number of hydrogen-bond donors (Lipinski definition) is 1. The van der Waals surface area contributed by atoms with Crippen LogP contribution in [0.3, 0.4) is 0 Å². The molecule has 0 saturated heterocycles. The van der Waals surface area contributed by atoms with Crippen molar-refractivity contribution in [3.05, 3.63) is 83.1 Å². The van der Waals surface area contributed by atoms with Crippen LogP contribution < -0.4 is 14.4 Å². The van der Waals surface area contributed by atoms with E-state index in [1.54, 1.807) is 19.2 Å². The van der Waals surface area contributed by atoms with Gasteiger partial charge in [0.25, 0.3) is 15.9 Å². The van der Waals surface area contributed by atoms with Crippen molar-refractivity contribution in [1.82, 2.24) is 0 Å². The second kappa shape index (κ2) is 9.36. The van der Waals surface area contributed by atoms with Crippen LogP contribution in [0.1, 0.15) is 5.56 Å². The maximum atomic E-state index is 13.0. The molecule has 0 fully saturated rings. The van der Waals surface area contributed by atoms with Gasteiger partial charge in [0.15, 0.2) is 6.61 Å². The molecule has 0 atom stereocenters. The molecule has 3 aromatic rings. The molecule has 1 N–H and O–H groups in total. The van der Waals surface area contributed by atoms with E-state index in [1.165, 1.54) is 59.5 Å². The van der Waals surface area contributed by atoms with Crippen LogP contribution in [0.2, 0.25) is 5.02 Å². The van der Waals surface area contributed by atoms with Crippen molar-refractivity contribution in [3.63, 3.8) is 0 Å². The van der Waals surface area contributed by atoms with E-state index in [2.05, 4.69) is 4.72 Å². The van der Waals surface area contributed by atoms with E-state index in [-0.39, 0.29) is 17.4 Å². The van der Waals surface area contributed by atoms with E-state index in [4.69, 9.17) is 16.3 Å². The Morgan fingerprint density at radius 2 is 1.71 bits per heavy atom. The van der Waals surface area contributed by atoms with E-state index in [1.807, 2.05) is 6.92 Å². The molecular weight excluding hydrogens is 443 g/mol. The van der Waals surface area contributed by atoms with Gasteiger partial charge < -0.3 is 9.64 Å². The molecule has 3 aromatic carbocycles. The lowest BCUT2D eigenvalue weighted by Gasteiger charge is -2.17. The Kier molecular flexibility index (Phi) is 6.82. The Morgan fingerprint density at radius 3 is 2.32 bits per heavy atom. The fourth-order valence-corrected chi connectivity index (χ4v) is 3.87. The van der Waals surface area contributed by atoms with Gasteiger partial charge in [0.05, 0.1) is 10.6 Å². The summed E-state index contributed by atoms with van der Waals surface area (Å²) >= 11 is 6.04. The molecule has 0 aliphatic rings. The highest BCUT2D eigenvalue weighted by Crippen LogP contribution is 2.23. The van der Waals surface area contributed by atoms with Gasteiger partial charge in [-0.1, -0.05) is 17.7 Å². The first-order chi connectivity index (χ1) is 14.7. The third-order valence-corrected chi connectivity index (χ3v) is 6.31. The predicted octanol–water partition coefficient (Wildman–Crippen LogP) is 4.63. The van der Waals surface area contributed by atoms with Crippen LogP contribution in [0.25, 0.3) is 0 Å². The number of anilines is 2. The zero-order valence-electron chi connectivity index (χ0n) is 16.8. The van der Waals surface area contributed by atoms with Crippen LogP contribution >= 0.6 is 11.6 Å². The molecule has 0 heterocycles. The van der Waals surface area contributed by atoms with Gasteiger partial charge in [-0.25, -0.2) is 12.8 Å². The first kappa shape index (κ1) is 22.6. The third-order valence-electron chi connectivity index (χ3n) is 4.51. The first-order valence-corrected chi connectivity index (χ1v) is 11.1. The number of halogens is 2. The molecule has 0 aliphatic heterocycles. The van der Waals surface area contributed by atoms with Gasteiger partial charge in [0.2, 0.25) is 0 Å². The largest absolute Gasteiger partial charge is 0.484 e. The number of nitrogens with zero attached hydrogens (tertiary/aromatic N) is 1. The van der Waals surface area contributed by atoms with E-state index < -0.39 is 15.8 Å². The highest BCUT2D eigenvalue weighted by atomic mass is 35.5. The molecule has 162 valence electrons. The number of aryl methyl sites for hydroxylation is 1. The first-order valence-electron chi connectivity index (χ1n) is 9.20. The average molecular weight is 463 g/mol. The SMILES string of the molecule is Cc1ccc(NS(=O)(=O)c2ccc(OCC(=O)N(C)c3ccc(F)cc3)cc2)cc1Cl. The lowest BCUT2D eigenvalue weighted by Crippen LogP contribution is -2.31. The van der Waals surface area contributed by atoms with Crippen LogP contribution in [0.4, 0.5) is 15.8 Å². The van der Waals surface area contributed by atoms with Gasteiger partial charge in [0, 0.05) is 17.8 Å². The summed E-state index contributed by atoms with van der Waals surface area (Å²) in [6.07, 6.45) is 0. The number of likely N-dealkylation sites (N-methyl/N-ethyl adjacent to an activating group) is 1. The number of carbonyl (C=O) groups is 1. The number of nitrogens with one attached hydrogen (secondary N) is 1. The monoisotopic (exact) mass is 462 g/mol. The Labute approximate surface area is 185 Å². The molecule has 9 heteroatoms. The van der Waals surface area contributed by atoms with E-state index in [0.717, 1.165) is 5.56 Å². The van der Waals surface area contributed by atoms with Crippen LogP contribution in [-0.4, -0.2) is 28.0 Å². The summed E-state index contributed by atoms with van der Waals surface area (Å²) in [5.74, 6) is -0.407. The summed E-state index contributed by atoms with van der Waals surface area (Å²) in [5.41, 5.74) is 1.72. The highest BCUT2D eigenvalue weighted by molar-refractivity contribution is 7.92. The Morgan fingerprint density at radius 1 is 1.06 bits per heavy atom. The second-order valence-corrected chi connectivity index (χ2v) is 8.85. The molecule has 31 heavy (non-hydrogen) atoms. The van der Waals surface area contributed by atoms with Crippen molar-refractivity contribution in [1.29, 1.82) is 0 Å². The van der Waals surface area contributed by atoms with Gasteiger partial charge in [-0.3, -0.25) is 9.52 Å². The Hall–Kier alpha value is -3.10. The lowest BCUT2D eigenvalue weighted by molar-refractivity contribution is -0.120. The van der Waals surface area contributed by atoms with Crippen molar-refractivity contribution in [2.24, 2.45) is 0 Å². The maximum Gasteiger partial charge on any atom is 0.264 e. The fourth-order valence-electron chi connectivity index (χ4n) is 2.64. The summed E-state index contributed by atoms with van der Waals surface area (Å²) in [6, 6.07) is 16.1. The number of amides is 1. The topological polar surface area (TPSA) is 75.7 Å². The molecule has 0 saturated carbocycles. The third kappa shape index (κ3) is 5.74. The summed E-state index contributed by atoms with van der Waals surface area (Å²) in [5, 5.41) is 0.458. The maximum absolute atomic E-state index is 13.0. The zero-order valence-corrected chi connectivity index (χ0v) is 18.4. The van der Waals surface area contributed by atoms with E-state index in [9.17, 15) is 17.6 Å². The molecular formula is C22H20ClFN2O4S. The van der Waals surface area contributed by atoms with Crippen molar-refractivity contribution in [3.8, 4) is 5.75 Å². The molecule has 0 unspecified atom stereocenters. The lowest BCUT2D eigenvalue weighted by atomic mass is 10.2. The minimum atomic E-state index is -3.81. The summed E-state index contributed by atoms with van der Waals surface area (Å²) in [4.78, 5) is 13.6. The molecule has 6 nitrogen and oxygen atoms in total. The Balaban J connectivity index is 1.62. The number of rotatable bonds is 7. The van der Waals surface area contributed by atoms with Gasteiger partial charge in [-0.15, -0.1) is 0 Å². The normalized spacial score (nSPS) is 11.1. The summed E-state index contributed by atoms with van der Waals surface area (Å²) in [7, 11) is -2.26. The van der Waals surface area contributed by atoms with Crippen LogP contribution in [-0.2, 0) is 14.8 Å². The van der Waals surface area contributed by atoms with Gasteiger partial charge >= 0.3 is 0 Å². The Bertz CT molecular complexity index is 1180. The van der Waals surface area contributed by atoms with Crippen molar-refractivity contribution >= 4 is 38.9 Å². The second-order valence-electron chi connectivity index (χ2n) is 6.76. The summed E-state index contributed by atoms with van der Waals surface area (Å²) in [6.45, 7) is 1.56. The molecule has 0 spiro atoms. The molecule has 1 amide bonds. The van der Waals surface area contributed by atoms with Crippen LogP contribution in [0.5, 0.6) is 5.75 Å². The molecule has 0 aromatic heterocycles. The van der Waals surface area contributed by atoms with E-state index in [0.29, 0.717) is 22.1 Å². The van der Waals surface area contributed by atoms with Gasteiger partial charge in [0.1, 0.15) is 11.6 Å². The average Bonchev–Trinajstić information content (AvgIpc) is 2.75. The standard InChI is InChI=1S/C22H20ClFN2O4S/c1-15-3-6-17(13-21(15)23)25-31(28,29)20-11-9-19(10-12-20)30-14-22(27)26(2)18-7-4-16(24)5-8-18/h3-13,25H,14H2,1-2H3. The molecule has 3 rings (SSSR count). The summed E-state index contributed by atoms with van der Waals surface area (Å²) < 4.78 is 46.1. The number of ether oxygens (including phenoxy) is 1. The van der Waals surface area contributed by atoms with Crippen LogP contribution in [0, 0.1) is 12.7 Å². The van der Waals surface area contributed by atoms with Crippen LogP contribution in [0.15, 0.2) is 71.6 Å². The number of benzene rings is 3. The van der Waals surface area contributed by atoms with Crippen molar-refractivity contribution < 1.29 is 22.3 Å². The minimum absolute atomic E-state index is 0.0336. The van der Waals surface area contributed by atoms with E-state index >= 15 is 0 Å². The quantitative estimate of drug-likeness (QED) is 0.555. The number of sulfonamides is 1. The smallest absolute Gasteiger partial charge is 0.264 e. The number of hydrogen-bond acceptors (Lipinski definition) is 4. The molecule has 0 radical (unpaired) electrons. The zero-order chi connectivity index (χ0) is 22.6. The fraction of sp³-hybridized carbons (Fsp3) is 0.136. The predicted molar refractivity (Wildman–Crippen MR) is 119 cm³/mol. The van der Waals surface area contributed by atoms with Crippen molar-refractivity contribution in [2.45, 2.75) is 11.8 Å². The molecule has 0 bridgehead atoms. The van der Waals surface area contributed by atoms with Gasteiger partial charge in [-0.2, -0.15) is 0 Å². The minimum Gasteiger partial charge on any atom is -0.484 e.